The molecule has 0 aliphatic heterocycles. The first-order chi connectivity index (χ1) is 9.60. The topological polar surface area (TPSA) is 17.1 Å². The number of hydrogen-bond acceptors (Lipinski definition) is 1. The smallest absolute Gasteiger partial charge is 0.140 e. The van der Waals surface area contributed by atoms with E-state index in [1.54, 1.807) is 12.1 Å². The van der Waals surface area contributed by atoms with Crippen molar-refractivity contribution in [3.05, 3.63) is 34.1 Å². The molecule has 20 heavy (non-hydrogen) atoms. The minimum Gasteiger partial charge on any atom is -0.299 e. The van der Waals surface area contributed by atoms with Crippen LogP contribution in [-0.4, -0.2) is 5.78 Å². The molecule has 1 aromatic carbocycles. The van der Waals surface area contributed by atoms with E-state index in [0.29, 0.717) is 10.0 Å². The van der Waals surface area contributed by atoms with E-state index in [9.17, 15) is 9.18 Å². The van der Waals surface area contributed by atoms with E-state index in [2.05, 4.69) is 22.9 Å². The van der Waals surface area contributed by atoms with Crippen LogP contribution in [-0.2, 0) is 11.2 Å². The number of ketones is 1. The lowest BCUT2D eigenvalue weighted by Crippen LogP contribution is -2.23. The van der Waals surface area contributed by atoms with Crippen LogP contribution in [0.25, 0.3) is 0 Å². The quantitative estimate of drug-likeness (QED) is 0.710. The molecule has 1 aliphatic rings. The third-order valence-corrected chi connectivity index (χ3v) is 4.87. The fraction of sp³-hybridized carbons (Fsp3) is 0.588. The maximum atomic E-state index is 13.8. The summed E-state index contributed by atoms with van der Waals surface area (Å²) in [7, 11) is 0. The lowest BCUT2D eigenvalue weighted by atomic mass is 9.77. The van der Waals surface area contributed by atoms with Gasteiger partial charge in [0, 0.05) is 16.8 Å². The summed E-state index contributed by atoms with van der Waals surface area (Å²) < 4.78 is 14.5. The van der Waals surface area contributed by atoms with E-state index in [0.717, 1.165) is 31.6 Å². The van der Waals surface area contributed by atoms with Gasteiger partial charge in [-0.3, -0.25) is 4.79 Å². The monoisotopic (exact) mass is 340 g/mol. The van der Waals surface area contributed by atoms with Gasteiger partial charge in [-0.15, -0.1) is 0 Å². The third-order valence-electron chi connectivity index (χ3n) is 4.38. The van der Waals surface area contributed by atoms with Crippen molar-refractivity contribution in [2.75, 3.05) is 0 Å². The number of carbonyl (C=O) groups excluding carboxylic acids is 1. The Bertz CT molecular complexity index is 464. The normalized spacial score (nSPS) is 22.8. The maximum absolute atomic E-state index is 13.8. The van der Waals surface area contributed by atoms with E-state index >= 15 is 0 Å². The van der Waals surface area contributed by atoms with Crippen LogP contribution in [0.3, 0.4) is 0 Å². The van der Waals surface area contributed by atoms with Crippen molar-refractivity contribution < 1.29 is 9.18 Å². The van der Waals surface area contributed by atoms with Gasteiger partial charge in [0.2, 0.25) is 0 Å². The van der Waals surface area contributed by atoms with Gasteiger partial charge in [0.25, 0.3) is 0 Å². The molecule has 1 nitrogen and oxygen atoms in total. The highest BCUT2D eigenvalue weighted by molar-refractivity contribution is 9.10. The van der Waals surface area contributed by atoms with Gasteiger partial charge in [-0.1, -0.05) is 41.8 Å². The summed E-state index contributed by atoms with van der Waals surface area (Å²) in [6.07, 6.45) is 7.04. The minimum atomic E-state index is -0.285. The highest BCUT2D eigenvalue weighted by atomic mass is 79.9. The van der Waals surface area contributed by atoms with Crippen LogP contribution in [0.5, 0.6) is 0 Å². The number of halogens is 2. The van der Waals surface area contributed by atoms with Crippen molar-refractivity contribution in [2.45, 2.75) is 51.9 Å². The zero-order valence-electron chi connectivity index (χ0n) is 12.0. The summed E-state index contributed by atoms with van der Waals surface area (Å²) in [5.74, 6) is 0.869. The SMILES string of the molecule is CCCC1CCC(C(=O)Cc2ccc(Br)cc2F)CC1. The number of benzene rings is 1. The highest BCUT2D eigenvalue weighted by Gasteiger charge is 2.26. The Morgan fingerprint density at radius 3 is 2.60 bits per heavy atom. The van der Waals surface area contributed by atoms with Crippen LogP contribution in [0.1, 0.15) is 51.0 Å². The molecule has 2 rings (SSSR count). The van der Waals surface area contributed by atoms with Gasteiger partial charge in [-0.05, 0) is 49.3 Å². The largest absolute Gasteiger partial charge is 0.299 e. The van der Waals surface area contributed by atoms with Gasteiger partial charge < -0.3 is 0 Å². The molecule has 0 unspecified atom stereocenters. The lowest BCUT2D eigenvalue weighted by molar-refractivity contribution is -0.123. The standard InChI is InChI=1S/C17H22BrFO/c1-2-3-12-4-6-13(7-5-12)17(20)10-14-8-9-15(18)11-16(14)19/h8-9,11-13H,2-7,10H2,1H3. The maximum Gasteiger partial charge on any atom is 0.140 e. The van der Waals surface area contributed by atoms with Crippen molar-refractivity contribution in [1.29, 1.82) is 0 Å². The van der Waals surface area contributed by atoms with Crippen molar-refractivity contribution in [1.82, 2.24) is 0 Å². The van der Waals surface area contributed by atoms with E-state index in [4.69, 9.17) is 0 Å². The molecule has 0 heterocycles. The number of hydrogen-bond donors (Lipinski definition) is 0. The first-order valence-electron chi connectivity index (χ1n) is 7.56. The number of rotatable bonds is 5. The van der Waals surface area contributed by atoms with Crippen LogP contribution in [0.4, 0.5) is 4.39 Å². The molecule has 1 fully saturated rings. The summed E-state index contributed by atoms with van der Waals surface area (Å²) in [4.78, 5) is 12.3. The van der Waals surface area contributed by atoms with Crippen LogP contribution < -0.4 is 0 Å². The average molecular weight is 341 g/mol. The van der Waals surface area contributed by atoms with Crippen molar-refractivity contribution >= 4 is 21.7 Å². The zero-order valence-corrected chi connectivity index (χ0v) is 13.6. The Labute approximate surface area is 129 Å². The molecular weight excluding hydrogens is 319 g/mol. The second kappa shape index (κ2) is 7.35. The predicted molar refractivity (Wildman–Crippen MR) is 83.2 cm³/mol. The van der Waals surface area contributed by atoms with Crippen LogP contribution in [0.15, 0.2) is 22.7 Å². The Kier molecular flexibility index (Phi) is 5.76. The van der Waals surface area contributed by atoms with Crippen LogP contribution >= 0.6 is 15.9 Å². The summed E-state index contributed by atoms with van der Waals surface area (Å²) >= 11 is 3.24. The summed E-state index contributed by atoms with van der Waals surface area (Å²) in [5.41, 5.74) is 0.522. The molecule has 0 bridgehead atoms. The first kappa shape index (κ1) is 15.7. The van der Waals surface area contributed by atoms with Crippen LogP contribution in [0.2, 0.25) is 0 Å². The molecule has 0 radical (unpaired) electrons. The minimum absolute atomic E-state index is 0.145. The van der Waals surface area contributed by atoms with Gasteiger partial charge in [0.15, 0.2) is 0 Å². The fourth-order valence-corrected chi connectivity index (χ4v) is 3.51. The van der Waals surface area contributed by atoms with Gasteiger partial charge >= 0.3 is 0 Å². The molecule has 1 saturated carbocycles. The van der Waals surface area contributed by atoms with E-state index < -0.39 is 0 Å². The second-order valence-corrected chi connectivity index (χ2v) is 6.80. The molecule has 1 aromatic rings. The molecule has 3 heteroatoms. The van der Waals surface area contributed by atoms with Crippen LogP contribution in [0, 0.1) is 17.7 Å². The zero-order chi connectivity index (χ0) is 14.5. The van der Waals surface area contributed by atoms with Gasteiger partial charge in [0.1, 0.15) is 11.6 Å². The van der Waals surface area contributed by atoms with Crippen molar-refractivity contribution in [2.24, 2.45) is 11.8 Å². The molecule has 0 spiro atoms. The highest BCUT2D eigenvalue weighted by Crippen LogP contribution is 2.32. The third kappa shape index (κ3) is 4.15. The van der Waals surface area contributed by atoms with Crippen molar-refractivity contribution in [3.8, 4) is 0 Å². The van der Waals surface area contributed by atoms with E-state index in [1.165, 1.54) is 18.9 Å². The Morgan fingerprint density at radius 2 is 2.00 bits per heavy atom. The summed E-state index contributed by atoms with van der Waals surface area (Å²) in [6.45, 7) is 2.22. The Morgan fingerprint density at radius 1 is 1.30 bits per heavy atom. The molecule has 0 atom stereocenters. The molecule has 110 valence electrons. The molecule has 0 saturated heterocycles. The predicted octanol–water partition coefficient (Wildman–Crippen LogP) is 5.31. The van der Waals surface area contributed by atoms with Gasteiger partial charge in [-0.2, -0.15) is 0 Å². The Balaban J connectivity index is 1.89. The van der Waals surface area contributed by atoms with Gasteiger partial charge in [-0.25, -0.2) is 4.39 Å². The summed E-state index contributed by atoms with van der Waals surface area (Å²) in [6, 6.07) is 4.94. The lowest BCUT2D eigenvalue weighted by Gasteiger charge is -2.27. The van der Waals surface area contributed by atoms with Crippen molar-refractivity contribution in [3.63, 3.8) is 0 Å². The summed E-state index contributed by atoms with van der Waals surface area (Å²) in [5, 5.41) is 0. The average Bonchev–Trinajstić information content (AvgIpc) is 2.43. The van der Waals surface area contributed by atoms with Gasteiger partial charge in [0.05, 0.1) is 0 Å². The number of Topliss-reactive ketones (excluding diaryl/α,β-unsaturated/α-hetero) is 1. The molecule has 0 aromatic heterocycles. The molecule has 0 amide bonds. The second-order valence-electron chi connectivity index (χ2n) is 5.89. The number of carbonyl (C=O) groups is 1. The van der Waals surface area contributed by atoms with E-state index in [-0.39, 0.29) is 23.9 Å². The first-order valence-corrected chi connectivity index (χ1v) is 8.36. The Hall–Kier alpha value is -0.700. The van der Waals surface area contributed by atoms with E-state index in [1.807, 2.05) is 0 Å². The molecule has 0 N–H and O–H groups in total. The molecule has 1 aliphatic carbocycles. The molecular formula is C17H22BrFO. The fourth-order valence-electron chi connectivity index (χ4n) is 3.18.